The number of ether oxygens (including phenoxy) is 1. The predicted octanol–water partition coefficient (Wildman–Crippen LogP) is 3.68. The van der Waals surface area contributed by atoms with Gasteiger partial charge in [-0.2, -0.15) is 0 Å². The number of nitrogens with one attached hydrogen (secondary N) is 1. The molecule has 5 heteroatoms. The molecule has 2 rings (SSSR count). The molecule has 0 fully saturated rings. The largest absolute Gasteiger partial charge is 0.497 e. The lowest BCUT2D eigenvalue weighted by molar-refractivity contribution is 0.182. The number of rotatable bonds is 8. The molecule has 0 atom stereocenters. The van der Waals surface area contributed by atoms with Crippen LogP contribution in [-0.4, -0.2) is 47.2 Å². The van der Waals surface area contributed by atoms with E-state index >= 15 is 0 Å². The number of benzene rings is 1. The third-order valence-electron chi connectivity index (χ3n) is 4.06. The van der Waals surface area contributed by atoms with Gasteiger partial charge < -0.3 is 10.1 Å². The summed E-state index contributed by atoms with van der Waals surface area (Å²) in [5.74, 6) is 1.69. The van der Waals surface area contributed by atoms with Crippen molar-refractivity contribution >= 4 is 5.82 Å². The molecule has 0 radical (unpaired) electrons. The zero-order chi connectivity index (χ0) is 17.5. The minimum Gasteiger partial charge on any atom is -0.497 e. The van der Waals surface area contributed by atoms with Gasteiger partial charge in [0.15, 0.2) is 0 Å². The predicted molar refractivity (Wildman–Crippen MR) is 99.5 cm³/mol. The van der Waals surface area contributed by atoms with E-state index in [1.165, 1.54) is 0 Å². The zero-order valence-electron chi connectivity index (χ0n) is 15.3. The highest BCUT2D eigenvalue weighted by atomic mass is 16.5. The monoisotopic (exact) mass is 328 g/mol. The molecule has 0 saturated heterocycles. The van der Waals surface area contributed by atoms with Crippen molar-refractivity contribution in [3.63, 3.8) is 0 Å². The number of nitrogens with zero attached hydrogens (tertiary/aromatic N) is 3. The molecule has 1 heterocycles. The smallest absolute Gasteiger partial charge is 0.129 e. The van der Waals surface area contributed by atoms with Crippen LogP contribution in [0, 0.1) is 0 Å². The molecule has 5 nitrogen and oxygen atoms in total. The van der Waals surface area contributed by atoms with Crippen molar-refractivity contribution < 1.29 is 4.74 Å². The molecule has 0 amide bonds. The lowest BCUT2D eigenvalue weighted by atomic mass is 10.1. The molecule has 24 heavy (non-hydrogen) atoms. The van der Waals surface area contributed by atoms with E-state index in [9.17, 15) is 0 Å². The molecule has 0 unspecified atom stereocenters. The summed E-state index contributed by atoms with van der Waals surface area (Å²) < 4.78 is 5.19. The maximum atomic E-state index is 5.19. The summed E-state index contributed by atoms with van der Waals surface area (Å²) >= 11 is 0. The van der Waals surface area contributed by atoms with Gasteiger partial charge in [0.2, 0.25) is 0 Å². The third kappa shape index (κ3) is 4.93. The van der Waals surface area contributed by atoms with Gasteiger partial charge in [-0.15, -0.1) is 0 Å². The normalized spacial score (nSPS) is 11.3. The first-order valence-corrected chi connectivity index (χ1v) is 8.47. The second kappa shape index (κ2) is 8.64. The van der Waals surface area contributed by atoms with Gasteiger partial charge in [0.1, 0.15) is 17.9 Å². The lowest BCUT2D eigenvalue weighted by Gasteiger charge is -2.30. The molecule has 0 aliphatic heterocycles. The van der Waals surface area contributed by atoms with E-state index < -0.39 is 0 Å². The topological polar surface area (TPSA) is 50.3 Å². The maximum absolute atomic E-state index is 5.19. The van der Waals surface area contributed by atoms with Crippen molar-refractivity contribution in [1.29, 1.82) is 0 Å². The number of aromatic nitrogens is 2. The Bertz CT molecular complexity index is 618. The van der Waals surface area contributed by atoms with Crippen molar-refractivity contribution in [2.24, 2.45) is 0 Å². The van der Waals surface area contributed by atoms with Gasteiger partial charge in [0.25, 0.3) is 0 Å². The van der Waals surface area contributed by atoms with E-state index in [-0.39, 0.29) is 0 Å². The number of hydrogen-bond donors (Lipinski definition) is 1. The van der Waals surface area contributed by atoms with Gasteiger partial charge >= 0.3 is 0 Å². The standard InChI is InChI=1S/C19H28N4O/c1-14(2)23(15(3)4)11-10-20-19-12-18(21-13-22-19)16-6-8-17(24-5)9-7-16/h6-9,12-15H,10-11H2,1-5H3,(H,20,21,22). The Labute approximate surface area is 145 Å². The van der Waals surface area contributed by atoms with Crippen LogP contribution in [0.5, 0.6) is 5.75 Å². The molecular formula is C19H28N4O. The minimum absolute atomic E-state index is 0.534. The van der Waals surface area contributed by atoms with E-state index in [0.717, 1.165) is 35.9 Å². The van der Waals surface area contributed by atoms with E-state index in [1.54, 1.807) is 13.4 Å². The van der Waals surface area contributed by atoms with Crippen molar-refractivity contribution in [1.82, 2.24) is 14.9 Å². The Kier molecular flexibility index (Phi) is 6.55. The summed E-state index contributed by atoms with van der Waals surface area (Å²) in [5.41, 5.74) is 1.95. The van der Waals surface area contributed by atoms with Gasteiger partial charge in [-0.1, -0.05) is 0 Å². The SMILES string of the molecule is COc1ccc(-c2cc(NCCN(C(C)C)C(C)C)ncn2)cc1. The van der Waals surface area contributed by atoms with Crippen LogP contribution in [0.15, 0.2) is 36.7 Å². The molecule has 0 aliphatic rings. The zero-order valence-corrected chi connectivity index (χ0v) is 15.3. The van der Waals surface area contributed by atoms with Gasteiger partial charge in [0.05, 0.1) is 12.8 Å². The highest BCUT2D eigenvalue weighted by Crippen LogP contribution is 2.21. The third-order valence-corrected chi connectivity index (χ3v) is 4.06. The van der Waals surface area contributed by atoms with Crippen molar-refractivity contribution in [3.8, 4) is 17.0 Å². The molecule has 0 spiro atoms. The Morgan fingerprint density at radius 3 is 2.29 bits per heavy atom. The molecular weight excluding hydrogens is 300 g/mol. The summed E-state index contributed by atoms with van der Waals surface area (Å²) in [6.45, 7) is 10.8. The molecule has 1 aromatic carbocycles. The molecule has 1 N–H and O–H groups in total. The van der Waals surface area contributed by atoms with E-state index in [4.69, 9.17) is 4.74 Å². The molecule has 1 aromatic heterocycles. The fourth-order valence-electron chi connectivity index (χ4n) is 2.80. The summed E-state index contributed by atoms with van der Waals surface area (Å²) in [4.78, 5) is 11.1. The van der Waals surface area contributed by atoms with Crippen LogP contribution in [0.2, 0.25) is 0 Å². The van der Waals surface area contributed by atoms with E-state index in [0.29, 0.717) is 12.1 Å². The Hall–Kier alpha value is -2.14. The van der Waals surface area contributed by atoms with Crippen LogP contribution in [0.1, 0.15) is 27.7 Å². The Balaban J connectivity index is 1.99. The van der Waals surface area contributed by atoms with Gasteiger partial charge in [0, 0.05) is 36.8 Å². The molecule has 0 aliphatic carbocycles. The summed E-state index contributed by atoms with van der Waals surface area (Å²) in [6, 6.07) is 10.9. The number of hydrogen-bond acceptors (Lipinski definition) is 5. The second-order valence-corrected chi connectivity index (χ2v) is 6.37. The van der Waals surface area contributed by atoms with Crippen molar-refractivity contribution in [2.45, 2.75) is 39.8 Å². The van der Waals surface area contributed by atoms with Gasteiger partial charge in [-0.3, -0.25) is 4.90 Å². The summed E-state index contributed by atoms with van der Waals surface area (Å²) in [6.07, 6.45) is 1.60. The van der Waals surface area contributed by atoms with E-state index in [1.807, 2.05) is 30.3 Å². The number of anilines is 1. The van der Waals surface area contributed by atoms with Crippen LogP contribution in [0.4, 0.5) is 5.82 Å². The first kappa shape index (κ1) is 18.2. The maximum Gasteiger partial charge on any atom is 0.129 e. The average Bonchev–Trinajstić information content (AvgIpc) is 2.58. The summed E-state index contributed by atoms with van der Waals surface area (Å²) in [5, 5.41) is 3.40. The first-order valence-electron chi connectivity index (χ1n) is 8.47. The fourth-order valence-corrected chi connectivity index (χ4v) is 2.80. The first-order chi connectivity index (χ1) is 11.5. The Morgan fingerprint density at radius 2 is 1.71 bits per heavy atom. The molecule has 2 aromatic rings. The van der Waals surface area contributed by atoms with Crippen molar-refractivity contribution in [2.75, 3.05) is 25.5 Å². The minimum atomic E-state index is 0.534. The fraction of sp³-hybridized carbons (Fsp3) is 0.474. The molecule has 0 saturated carbocycles. The Morgan fingerprint density at radius 1 is 1.04 bits per heavy atom. The van der Waals surface area contributed by atoms with Gasteiger partial charge in [-0.05, 0) is 52.0 Å². The quantitative estimate of drug-likeness (QED) is 0.801. The van der Waals surface area contributed by atoms with Crippen LogP contribution in [0.25, 0.3) is 11.3 Å². The highest BCUT2D eigenvalue weighted by molar-refractivity contribution is 5.62. The van der Waals surface area contributed by atoms with Crippen molar-refractivity contribution in [3.05, 3.63) is 36.7 Å². The molecule has 0 bridgehead atoms. The van der Waals surface area contributed by atoms with Crippen LogP contribution in [-0.2, 0) is 0 Å². The van der Waals surface area contributed by atoms with Crippen LogP contribution in [0.3, 0.4) is 0 Å². The van der Waals surface area contributed by atoms with Gasteiger partial charge in [-0.25, -0.2) is 9.97 Å². The highest BCUT2D eigenvalue weighted by Gasteiger charge is 2.12. The molecule has 130 valence electrons. The van der Waals surface area contributed by atoms with Crippen LogP contribution < -0.4 is 10.1 Å². The average molecular weight is 328 g/mol. The second-order valence-electron chi connectivity index (χ2n) is 6.37. The lowest BCUT2D eigenvalue weighted by Crippen LogP contribution is -2.40. The summed E-state index contributed by atoms with van der Waals surface area (Å²) in [7, 11) is 1.67. The number of methoxy groups -OCH3 is 1. The van der Waals surface area contributed by atoms with Crippen LogP contribution >= 0.6 is 0 Å². The van der Waals surface area contributed by atoms with E-state index in [2.05, 4.69) is 47.9 Å².